The maximum atomic E-state index is 15.0. The number of carbonyl (C=O) groups excluding carboxylic acids is 2. The standard InChI is InChI=1S/C24H26F3N3O6S/c1-15(31)28-11-18-12-30(24(32)35-18)17-9-19(25)23(20(26)10-17)29-8-7-22(21(27)13-29)36-37(33,34)14-16-5-3-2-4-6-16/h2-6,9-10,18,21-22H,7-8,11-14H2,1H3,(H,28,31)/t18-,21?,22?/m0/s1. The van der Waals surface area contributed by atoms with Gasteiger partial charge in [0.05, 0.1) is 25.3 Å². The number of halogens is 3. The first-order chi connectivity index (χ1) is 17.5. The zero-order valence-electron chi connectivity index (χ0n) is 19.9. The van der Waals surface area contributed by atoms with Gasteiger partial charge >= 0.3 is 6.09 Å². The van der Waals surface area contributed by atoms with Crippen LogP contribution >= 0.6 is 0 Å². The number of rotatable bonds is 8. The van der Waals surface area contributed by atoms with Gasteiger partial charge in [-0.05, 0) is 12.0 Å². The number of ether oxygens (including phenoxy) is 1. The number of nitrogens with one attached hydrogen (secondary N) is 1. The van der Waals surface area contributed by atoms with Gasteiger partial charge in [0.1, 0.15) is 29.8 Å². The summed E-state index contributed by atoms with van der Waals surface area (Å²) in [5.74, 6) is -2.77. The van der Waals surface area contributed by atoms with E-state index >= 15 is 0 Å². The van der Waals surface area contributed by atoms with Crippen molar-refractivity contribution in [1.82, 2.24) is 5.32 Å². The maximum Gasteiger partial charge on any atom is 0.414 e. The van der Waals surface area contributed by atoms with Crippen LogP contribution in [0.5, 0.6) is 0 Å². The van der Waals surface area contributed by atoms with E-state index in [0.29, 0.717) is 5.56 Å². The number of hydrogen-bond donors (Lipinski definition) is 1. The molecule has 200 valence electrons. The minimum Gasteiger partial charge on any atom is -0.442 e. The summed E-state index contributed by atoms with van der Waals surface area (Å²) in [7, 11) is -4.08. The fourth-order valence-electron chi connectivity index (χ4n) is 4.30. The van der Waals surface area contributed by atoms with Gasteiger partial charge < -0.3 is 15.0 Å². The van der Waals surface area contributed by atoms with Crippen LogP contribution in [0.1, 0.15) is 18.9 Å². The van der Waals surface area contributed by atoms with Gasteiger partial charge in [-0.1, -0.05) is 30.3 Å². The van der Waals surface area contributed by atoms with Crippen LogP contribution in [0.3, 0.4) is 0 Å². The molecule has 2 aromatic rings. The molecule has 0 aliphatic carbocycles. The van der Waals surface area contributed by atoms with E-state index in [2.05, 4.69) is 5.32 Å². The van der Waals surface area contributed by atoms with Crippen molar-refractivity contribution in [2.75, 3.05) is 36.0 Å². The molecule has 0 bridgehead atoms. The number of hydrogen-bond acceptors (Lipinski definition) is 7. The van der Waals surface area contributed by atoms with Gasteiger partial charge in [-0.25, -0.2) is 18.0 Å². The van der Waals surface area contributed by atoms with Crippen LogP contribution in [0.4, 0.5) is 29.3 Å². The second-order valence-electron chi connectivity index (χ2n) is 8.88. The number of amides is 2. The molecule has 2 aliphatic rings. The van der Waals surface area contributed by atoms with Gasteiger partial charge in [-0.2, -0.15) is 8.42 Å². The highest BCUT2D eigenvalue weighted by Gasteiger charge is 2.37. The number of piperidine rings is 1. The summed E-state index contributed by atoms with van der Waals surface area (Å²) >= 11 is 0. The number of alkyl halides is 1. The second-order valence-corrected chi connectivity index (χ2v) is 10.5. The van der Waals surface area contributed by atoms with Crippen LogP contribution in [0.15, 0.2) is 42.5 Å². The second kappa shape index (κ2) is 11.0. The lowest BCUT2D eigenvalue weighted by Gasteiger charge is -2.36. The SMILES string of the molecule is CC(=O)NC[C@H]1CN(c2cc(F)c(N3CCC(OS(=O)(=O)Cc4ccccc4)C(F)C3)c(F)c2)C(=O)O1. The quantitative estimate of drug-likeness (QED) is 0.513. The number of cyclic esters (lactones) is 1. The molecule has 2 unspecified atom stereocenters. The fourth-order valence-corrected chi connectivity index (χ4v) is 5.56. The lowest BCUT2D eigenvalue weighted by Crippen LogP contribution is -2.47. The Morgan fingerprint density at radius 2 is 1.84 bits per heavy atom. The third-order valence-corrected chi connectivity index (χ3v) is 7.25. The summed E-state index contributed by atoms with van der Waals surface area (Å²) in [5.41, 5.74) is -0.0849. The van der Waals surface area contributed by atoms with E-state index in [-0.39, 0.29) is 37.6 Å². The highest BCUT2D eigenvalue weighted by atomic mass is 32.2. The molecule has 4 rings (SSSR count). The van der Waals surface area contributed by atoms with Crippen molar-refractivity contribution in [1.29, 1.82) is 0 Å². The summed E-state index contributed by atoms with van der Waals surface area (Å²) in [5, 5.41) is 2.51. The summed E-state index contributed by atoms with van der Waals surface area (Å²) < 4.78 is 79.8. The van der Waals surface area contributed by atoms with Crippen molar-refractivity contribution in [2.24, 2.45) is 0 Å². The summed E-state index contributed by atoms with van der Waals surface area (Å²) in [6.45, 7) is 0.798. The van der Waals surface area contributed by atoms with Gasteiger partial charge in [0, 0.05) is 25.6 Å². The molecule has 2 aliphatic heterocycles. The van der Waals surface area contributed by atoms with Gasteiger partial charge in [-0.3, -0.25) is 13.9 Å². The molecule has 2 amide bonds. The first-order valence-electron chi connectivity index (χ1n) is 11.6. The van der Waals surface area contributed by atoms with Crippen LogP contribution in [-0.4, -0.2) is 65.0 Å². The Hall–Kier alpha value is -3.32. The monoisotopic (exact) mass is 541 g/mol. The molecule has 2 saturated heterocycles. The minimum atomic E-state index is -4.08. The molecule has 37 heavy (non-hydrogen) atoms. The van der Waals surface area contributed by atoms with Gasteiger partial charge in [-0.15, -0.1) is 0 Å². The van der Waals surface area contributed by atoms with E-state index in [0.717, 1.165) is 21.9 Å². The predicted octanol–water partition coefficient (Wildman–Crippen LogP) is 2.89. The molecule has 13 heteroatoms. The molecule has 0 saturated carbocycles. The summed E-state index contributed by atoms with van der Waals surface area (Å²) in [6, 6.07) is 10.2. The Morgan fingerprint density at radius 1 is 1.16 bits per heavy atom. The largest absolute Gasteiger partial charge is 0.442 e. The Kier molecular flexibility index (Phi) is 7.93. The van der Waals surface area contributed by atoms with Crippen molar-refractivity contribution < 1.29 is 40.1 Å². The Labute approximate surface area is 212 Å². The third kappa shape index (κ3) is 6.52. The fraction of sp³-hybridized carbons (Fsp3) is 0.417. The van der Waals surface area contributed by atoms with E-state index in [9.17, 15) is 31.2 Å². The van der Waals surface area contributed by atoms with Crippen molar-refractivity contribution in [2.45, 2.75) is 37.5 Å². The first-order valence-corrected chi connectivity index (χ1v) is 13.2. The lowest BCUT2D eigenvalue weighted by atomic mass is 10.0. The predicted molar refractivity (Wildman–Crippen MR) is 128 cm³/mol. The number of benzene rings is 2. The first kappa shape index (κ1) is 26.7. The van der Waals surface area contributed by atoms with Gasteiger partial charge in [0.25, 0.3) is 10.1 Å². The lowest BCUT2D eigenvalue weighted by molar-refractivity contribution is -0.119. The Morgan fingerprint density at radius 3 is 2.46 bits per heavy atom. The molecular formula is C24H26F3N3O6S. The van der Waals surface area contributed by atoms with E-state index in [1.54, 1.807) is 30.3 Å². The molecule has 0 aromatic heterocycles. The van der Waals surface area contributed by atoms with E-state index < -0.39 is 64.2 Å². The van der Waals surface area contributed by atoms with Crippen molar-refractivity contribution >= 4 is 33.5 Å². The topological polar surface area (TPSA) is 105 Å². The molecule has 3 atom stereocenters. The molecule has 0 radical (unpaired) electrons. The van der Waals surface area contributed by atoms with Gasteiger partial charge in [0.15, 0.2) is 11.6 Å². The molecule has 2 aromatic carbocycles. The van der Waals surface area contributed by atoms with Crippen LogP contribution in [0.25, 0.3) is 0 Å². The van der Waals surface area contributed by atoms with Crippen LogP contribution in [0.2, 0.25) is 0 Å². The zero-order chi connectivity index (χ0) is 26.7. The molecule has 0 spiro atoms. The van der Waals surface area contributed by atoms with E-state index in [1.807, 2.05) is 0 Å². The average molecular weight is 542 g/mol. The molecular weight excluding hydrogens is 515 g/mol. The van der Waals surface area contributed by atoms with Gasteiger partial charge in [0.2, 0.25) is 5.91 Å². The summed E-state index contributed by atoms with van der Waals surface area (Å²) in [4.78, 5) is 25.4. The number of anilines is 2. The smallest absolute Gasteiger partial charge is 0.414 e. The van der Waals surface area contributed by atoms with E-state index in [1.165, 1.54) is 6.92 Å². The normalized spacial score (nSPS) is 22.2. The molecule has 2 heterocycles. The van der Waals surface area contributed by atoms with Crippen LogP contribution in [0, 0.1) is 11.6 Å². The average Bonchev–Trinajstić information content (AvgIpc) is 3.19. The number of carbonyl (C=O) groups is 2. The Bertz CT molecular complexity index is 1240. The maximum absolute atomic E-state index is 15.0. The number of nitrogens with zero attached hydrogens (tertiary/aromatic N) is 2. The van der Waals surface area contributed by atoms with Crippen molar-refractivity contribution in [3.8, 4) is 0 Å². The highest BCUT2D eigenvalue weighted by molar-refractivity contribution is 7.85. The third-order valence-electron chi connectivity index (χ3n) is 6.02. The van der Waals surface area contributed by atoms with Crippen LogP contribution < -0.4 is 15.1 Å². The van der Waals surface area contributed by atoms with Crippen molar-refractivity contribution in [3.63, 3.8) is 0 Å². The Balaban J connectivity index is 1.41. The summed E-state index contributed by atoms with van der Waals surface area (Å²) in [6.07, 6.45) is -4.72. The molecule has 1 N–H and O–H groups in total. The molecule has 2 fully saturated rings. The zero-order valence-corrected chi connectivity index (χ0v) is 20.7. The molecule has 9 nitrogen and oxygen atoms in total. The highest BCUT2D eigenvalue weighted by Crippen LogP contribution is 2.33. The van der Waals surface area contributed by atoms with Crippen molar-refractivity contribution in [3.05, 3.63) is 59.7 Å². The van der Waals surface area contributed by atoms with Crippen LogP contribution in [-0.2, 0) is 29.6 Å². The minimum absolute atomic E-state index is 0.0237. The van der Waals surface area contributed by atoms with E-state index in [4.69, 9.17) is 8.92 Å².